The minimum absolute atomic E-state index is 0.00236. The highest BCUT2D eigenvalue weighted by molar-refractivity contribution is 7.91. The fourth-order valence-corrected chi connectivity index (χ4v) is 8.39. The van der Waals surface area contributed by atoms with E-state index in [2.05, 4.69) is 25.3 Å². The van der Waals surface area contributed by atoms with Crippen molar-refractivity contribution < 1.29 is 42.2 Å². The predicted molar refractivity (Wildman–Crippen MR) is 176 cm³/mol. The first-order valence-corrected chi connectivity index (χ1v) is 18.2. The number of hydrogen-bond donors (Lipinski definition) is 4. The van der Waals surface area contributed by atoms with Gasteiger partial charge in [-0.15, -0.1) is 0 Å². The van der Waals surface area contributed by atoms with E-state index in [1.807, 2.05) is 19.1 Å². The van der Waals surface area contributed by atoms with Gasteiger partial charge in [0, 0.05) is 18.4 Å². The van der Waals surface area contributed by atoms with E-state index in [-0.39, 0.29) is 31.2 Å². The Hall–Kier alpha value is -4.47. The number of allylic oxidation sites excluding steroid dienone is 1. The minimum atomic E-state index is -3.90. The molecular weight excluding hydrogens is 656 g/mol. The number of methoxy groups -OCH3 is 1. The maximum Gasteiger partial charge on any atom is 0.405 e. The summed E-state index contributed by atoms with van der Waals surface area (Å²) in [6, 6.07) is 2.88. The third-order valence-corrected chi connectivity index (χ3v) is 11.8. The fourth-order valence-electron chi connectivity index (χ4n) is 7.02. The Kier molecular flexibility index (Phi) is 9.44. The van der Waals surface area contributed by atoms with Gasteiger partial charge in [-0.25, -0.2) is 23.2 Å². The van der Waals surface area contributed by atoms with Crippen LogP contribution in [0.15, 0.2) is 36.7 Å². The first-order valence-electron chi connectivity index (χ1n) is 16.6. The van der Waals surface area contributed by atoms with Gasteiger partial charge in [-0.3, -0.25) is 19.1 Å². The van der Waals surface area contributed by atoms with Crippen molar-refractivity contribution in [2.45, 2.75) is 87.8 Å². The minimum Gasteiger partial charge on any atom is -0.497 e. The van der Waals surface area contributed by atoms with E-state index in [1.165, 1.54) is 18.3 Å². The van der Waals surface area contributed by atoms with Crippen LogP contribution in [0.25, 0.3) is 10.9 Å². The summed E-state index contributed by atoms with van der Waals surface area (Å²) in [7, 11) is -2.36. The smallest absolute Gasteiger partial charge is 0.405 e. The van der Waals surface area contributed by atoms with Crippen LogP contribution in [0.3, 0.4) is 0 Å². The summed E-state index contributed by atoms with van der Waals surface area (Å²) in [5.74, 6) is -2.00. The third kappa shape index (κ3) is 7.28. The van der Waals surface area contributed by atoms with E-state index in [1.54, 1.807) is 25.1 Å². The number of ether oxygens (including phenoxy) is 2. The molecule has 4 N–H and O–H groups in total. The monoisotopic (exact) mass is 698 g/mol. The molecule has 49 heavy (non-hydrogen) atoms. The first kappa shape index (κ1) is 34.4. The van der Waals surface area contributed by atoms with Gasteiger partial charge in [-0.05, 0) is 62.5 Å². The van der Waals surface area contributed by atoms with Crippen molar-refractivity contribution in [3.63, 3.8) is 0 Å². The lowest BCUT2D eigenvalue weighted by Gasteiger charge is -2.32. The SMILES string of the molecule is COc1ccc2c(O[C@@H]3C[C@H]4C(=O)N[C@]5(C(=O)NS(=O)(=O)C6CC6)C[C@H]5/C=C\CC[C@@H](C)C[C@@H](C)[C@H](NC(=O)O)C(=O)N4C3)ncnc2c1. The molecular formula is C33H42N6O9S. The molecule has 2 saturated carbocycles. The Morgan fingerprint density at radius 1 is 1.12 bits per heavy atom. The lowest BCUT2D eigenvalue weighted by molar-refractivity contribution is -0.142. The molecule has 6 rings (SSSR count). The lowest BCUT2D eigenvalue weighted by Crippen LogP contribution is -2.59. The van der Waals surface area contributed by atoms with Crippen LogP contribution in [0.2, 0.25) is 0 Å². The standard InChI is InChI=1S/C33H42N6O9S/c1-18-6-4-5-7-20-15-33(20,31(42)38-49(45,46)23-9-10-23)37-28(40)26-14-22(16-39(26)30(41)27(19(2)12-18)36-32(43)44)48-29-24-11-8-21(47-3)13-25(24)34-17-35-29/h5,7-8,11,13,17-20,22-23,26-27,36H,4,6,9-10,12,14-16H2,1-3H3,(H,37,40)(H,38,42)(H,43,44)/b7-5-/t18-,19-,20-,22-,26+,27+,33-/m1/s1. The molecule has 1 aromatic carbocycles. The van der Waals surface area contributed by atoms with Gasteiger partial charge in [0.15, 0.2) is 0 Å². The van der Waals surface area contributed by atoms with Gasteiger partial charge < -0.3 is 30.1 Å². The van der Waals surface area contributed by atoms with Crippen molar-refractivity contribution in [2.24, 2.45) is 17.8 Å². The number of carbonyl (C=O) groups excluding carboxylic acids is 3. The van der Waals surface area contributed by atoms with E-state index in [9.17, 15) is 32.7 Å². The zero-order valence-corrected chi connectivity index (χ0v) is 28.4. The second-order valence-corrected chi connectivity index (χ2v) is 15.7. The van der Waals surface area contributed by atoms with Crippen molar-refractivity contribution in [1.82, 2.24) is 30.2 Å². The number of rotatable bonds is 7. The lowest BCUT2D eigenvalue weighted by atomic mass is 9.88. The molecule has 0 spiro atoms. The number of fused-ring (bicyclic) bond motifs is 3. The number of nitrogens with one attached hydrogen (secondary N) is 3. The van der Waals surface area contributed by atoms with E-state index >= 15 is 0 Å². The molecule has 3 fully saturated rings. The van der Waals surface area contributed by atoms with Crippen molar-refractivity contribution in [1.29, 1.82) is 0 Å². The molecule has 15 nitrogen and oxygen atoms in total. The number of carbonyl (C=O) groups is 4. The Morgan fingerprint density at radius 2 is 1.90 bits per heavy atom. The molecule has 3 heterocycles. The van der Waals surface area contributed by atoms with Gasteiger partial charge in [-0.2, -0.15) is 0 Å². The molecule has 4 aliphatic rings. The van der Waals surface area contributed by atoms with Crippen LogP contribution >= 0.6 is 0 Å². The van der Waals surface area contributed by atoms with Crippen LogP contribution in [0.4, 0.5) is 4.79 Å². The summed E-state index contributed by atoms with van der Waals surface area (Å²) >= 11 is 0. The molecule has 0 unspecified atom stereocenters. The zero-order valence-electron chi connectivity index (χ0n) is 27.6. The van der Waals surface area contributed by atoms with Crippen LogP contribution in [0, 0.1) is 17.8 Å². The highest BCUT2D eigenvalue weighted by atomic mass is 32.2. The van der Waals surface area contributed by atoms with Gasteiger partial charge in [0.05, 0.1) is 29.8 Å². The molecule has 1 saturated heterocycles. The molecule has 2 aromatic rings. The van der Waals surface area contributed by atoms with Gasteiger partial charge in [0.25, 0.3) is 5.91 Å². The number of benzene rings is 1. The van der Waals surface area contributed by atoms with Gasteiger partial charge >= 0.3 is 6.09 Å². The highest BCUT2D eigenvalue weighted by Gasteiger charge is 2.62. The van der Waals surface area contributed by atoms with Crippen LogP contribution < -0.4 is 24.8 Å². The zero-order chi connectivity index (χ0) is 35.1. The topological polar surface area (TPSA) is 206 Å². The molecule has 1 aromatic heterocycles. The van der Waals surface area contributed by atoms with E-state index in [4.69, 9.17) is 9.47 Å². The molecule has 4 amide bonds. The Balaban J connectivity index is 1.33. The van der Waals surface area contributed by atoms with Crippen molar-refractivity contribution in [2.75, 3.05) is 13.7 Å². The second kappa shape index (κ2) is 13.4. The number of hydrogen-bond acceptors (Lipinski definition) is 10. The maximum absolute atomic E-state index is 14.3. The summed E-state index contributed by atoms with van der Waals surface area (Å²) in [5.41, 5.74) is -0.968. The van der Waals surface area contributed by atoms with Gasteiger partial charge in [0.2, 0.25) is 27.7 Å². The number of amides is 4. The quantitative estimate of drug-likeness (QED) is 0.308. The van der Waals surface area contributed by atoms with Crippen LogP contribution in [-0.2, 0) is 24.4 Å². The van der Waals surface area contributed by atoms with E-state index in [0.717, 1.165) is 6.42 Å². The number of carboxylic acid groups (broad SMARTS) is 1. The fraction of sp³-hybridized carbons (Fsp3) is 0.576. The number of sulfonamides is 1. The molecule has 264 valence electrons. The van der Waals surface area contributed by atoms with E-state index in [0.29, 0.717) is 42.3 Å². The molecule has 0 radical (unpaired) electrons. The van der Waals surface area contributed by atoms with E-state index < -0.39 is 74.7 Å². The van der Waals surface area contributed by atoms with Crippen molar-refractivity contribution >= 4 is 44.7 Å². The maximum atomic E-state index is 14.3. The summed E-state index contributed by atoms with van der Waals surface area (Å²) in [4.78, 5) is 63.9. The Morgan fingerprint density at radius 3 is 2.61 bits per heavy atom. The van der Waals surface area contributed by atoms with Crippen LogP contribution in [0.1, 0.15) is 58.8 Å². The largest absolute Gasteiger partial charge is 0.497 e. The molecule has 16 heteroatoms. The Bertz CT molecular complexity index is 1780. The highest BCUT2D eigenvalue weighted by Crippen LogP contribution is 2.46. The normalized spacial score (nSPS) is 31.3. The van der Waals surface area contributed by atoms with Gasteiger partial charge in [-0.1, -0.05) is 26.0 Å². The summed E-state index contributed by atoms with van der Waals surface area (Å²) in [5, 5.41) is 14.9. The molecule has 2 aliphatic heterocycles. The molecule has 7 atom stereocenters. The third-order valence-electron chi connectivity index (χ3n) is 9.98. The predicted octanol–water partition coefficient (Wildman–Crippen LogP) is 2.12. The van der Waals surface area contributed by atoms with Crippen molar-refractivity contribution in [3.8, 4) is 11.6 Å². The number of nitrogens with zero attached hydrogens (tertiary/aromatic N) is 3. The first-order chi connectivity index (χ1) is 23.3. The van der Waals surface area contributed by atoms with Crippen LogP contribution in [0.5, 0.6) is 11.6 Å². The Labute approximate surface area is 284 Å². The van der Waals surface area contributed by atoms with Crippen LogP contribution in [-0.4, -0.2) is 94.8 Å². The summed E-state index contributed by atoms with van der Waals surface area (Å²) in [6.07, 6.45) is 6.03. The average Bonchev–Trinajstić information content (AvgIpc) is 3.98. The number of aromatic nitrogens is 2. The second-order valence-electron chi connectivity index (χ2n) is 13.7. The summed E-state index contributed by atoms with van der Waals surface area (Å²) < 4.78 is 39.3. The average molecular weight is 699 g/mol. The summed E-state index contributed by atoms with van der Waals surface area (Å²) in [6.45, 7) is 3.76. The van der Waals surface area contributed by atoms with Crippen molar-refractivity contribution in [3.05, 3.63) is 36.7 Å². The molecule has 2 aliphatic carbocycles. The van der Waals surface area contributed by atoms with Gasteiger partial charge in [0.1, 0.15) is 35.8 Å². The molecule has 0 bridgehead atoms.